The predicted molar refractivity (Wildman–Crippen MR) is 97.9 cm³/mol. The minimum absolute atomic E-state index is 0.113. The highest BCUT2D eigenvalue weighted by molar-refractivity contribution is 8.00. The number of aliphatic carboxylic acids is 1. The number of nitrogens with zero attached hydrogens (tertiary/aromatic N) is 3. The third kappa shape index (κ3) is 3.85. The van der Waals surface area contributed by atoms with Crippen molar-refractivity contribution in [2.24, 2.45) is 5.92 Å². The molecule has 0 spiro atoms. The first-order valence-corrected chi connectivity index (χ1v) is 10.1. The Morgan fingerprint density at radius 2 is 2.27 bits per heavy atom. The summed E-state index contributed by atoms with van der Waals surface area (Å²) in [6.45, 7) is 2.67. The number of carbonyl (C=O) groups excluding carboxylic acids is 1. The van der Waals surface area contributed by atoms with Gasteiger partial charge in [-0.1, -0.05) is 25.1 Å². The highest BCUT2D eigenvalue weighted by atomic mass is 32.2. The van der Waals surface area contributed by atoms with Crippen molar-refractivity contribution >= 4 is 23.6 Å². The van der Waals surface area contributed by atoms with Gasteiger partial charge in [0.25, 0.3) is 0 Å². The lowest BCUT2D eigenvalue weighted by molar-refractivity contribution is -0.147. The maximum atomic E-state index is 12.4. The molecular formula is C19H23N3O3S. The standard InChI is InChI=1S/C19H23N3O3S/c1-2-12-5-6-15-13(8-12)9-14(10-20)18(21-15)26-11-17(23)22-7-3-4-16(22)19(24)25/h9,12,16H,2-8,11H2,1H3,(H,24,25)/t12-,16-/m1/s1. The first-order valence-electron chi connectivity index (χ1n) is 9.11. The number of fused-ring (bicyclic) bond motifs is 1. The zero-order chi connectivity index (χ0) is 18.7. The van der Waals surface area contributed by atoms with Crippen LogP contribution in [-0.2, 0) is 22.4 Å². The lowest BCUT2D eigenvalue weighted by Crippen LogP contribution is -2.41. The number of likely N-dealkylation sites (tertiary alicyclic amines) is 1. The Hall–Kier alpha value is -2.07. The van der Waals surface area contributed by atoms with Crippen molar-refractivity contribution in [3.63, 3.8) is 0 Å². The molecule has 7 heteroatoms. The number of carbonyl (C=O) groups is 2. The molecule has 6 nitrogen and oxygen atoms in total. The normalized spacial score (nSPS) is 21.9. The minimum atomic E-state index is -0.948. The van der Waals surface area contributed by atoms with E-state index in [1.165, 1.54) is 16.7 Å². The molecule has 2 heterocycles. The highest BCUT2D eigenvalue weighted by Gasteiger charge is 2.33. The van der Waals surface area contributed by atoms with Crippen LogP contribution in [0.5, 0.6) is 0 Å². The first kappa shape index (κ1) is 18.7. The molecule has 0 aromatic carbocycles. The Kier molecular flexibility index (Phi) is 5.82. The number of carboxylic acids is 1. The van der Waals surface area contributed by atoms with Crippen LogP contribution in [0, 0.1) is 17.2 Å². The lowest BCUT2D eigenvalue weighted by atomic mass is 9.85. The molecular weight excluding hydrogens is 350 g/mol. The summed E-state index contributed by atoms with van der Waals surface area (Å²) in [5, 5.41) is 19.3. The van der Waals surface area contributed by atoms with E-state index in [1.54, 1.807) is 0 Å². The van der Waals surface area contributed by atoms with Crippen molar-refractivity contribution in [2.45, 2.75) is 56.5 Å². The van der Waals surface area contributed by atoms with Gasteiger partial charge in [0.2, 0.25) is 5.91 Å². The van der Waals surface area contributed by atoms with Crippen LogP contribution >= 0.6 is 11.8 Å². The zero-order valence-corrected chi connectivity index (χ0v) is 15.7. The number of carboxylic acid groups (broad SMARTS) is 1. The topological polar surface area (TPSA) is 94.3 Å². The fraction of sp³-hybridized carbons (Fsp3) is 0.579. The van der Waals surface area contributed by atoms with Crippen molar-refractivity contribution in [1.29, 1.82) is 5.26 Å². The third-order valence-electron chi connectivity index (χ3n) is 5.34. The van der Waals surface area contributed by atoms with E-state index in [-0.39, 0.29) is 11.7 Å². The summed E-state index contributed by atoms with van der Waals surface area (Å²) >= 11 is 1.24. The number of nitriles is 1. The molecule has 3 rings (SSSR count). The van der Waals surface area contributed by atoms with Gasteiger partial charge in [-0.2, -0.15) is 5.26 Å². The van der Waals surface area contributed by atoms with Crippen LogP contribution in [0.4, 0.5) is 0 Å². The van der Waals surface area contributed by atoms with Gasteiger partial charge in [-0.3, -0.25) is 4.79 Å². The van der Waals surface area contributed by atoms with Crippen LogP contribution in [-0.4, -0.2) is 45.2 Å². The fourth-order valence-corrected chi connectivity index (χ4v) is 4.66. The second-order valence-electron chi connectivity index (χ2n) is 6.95. The molecule has 0 unspecified atom stereocenters. The molecule has 1 aromatic rings. The molecule has 1 fully saturated rings. The number of aromatic nitrogens is 1. The quantitative estimate of drug-likeness (QED) is 0.798. The Balaban J connectivity index is 1.71. The SMILES string of the molecule is CC[C@@H]1CCc2nc(SCC(=O)N3CCC[C@@H]3C(=O)O)c(C#N)cc2C1. The first-order chi connectivity index (χ1) is 12.5. The second kappa shape index (κ2) is 8.09. The van der Waals surface area contributed by atoms with Crippen molar-refractivity contribution < 1.29 is 14.7 Å². The van der Waals surface area contributed by atoms with Crippen LogP contribution < -0.4 is 0 Å². The van der Waals surface area contributed by atoms with E-state index in [1.807, 2.05) is 6.07 Å². The fourth-order valence-electron chi connectivity index (χ4n) is 3.79. The molecule has 0 saturated carbocycles. The van der Waals surface area contributed by atoms with Gasteiger partial charge in [0, 0.05) is 12.2 Å². The summed E-state index contributed by atoms with van der Waals surface area (Å²) in [5.41, 5.74) is 2.70. The number of thioether (sulfide) groups is 1. The van der Waals surface area contributed by atoms with Gasteiger partial charge in [-0.15, -0.1) is 0 Å². The van der Waals surface area contributed by atoms with E-state index >= 15 is 0 Å². The van der Waals surface area contributed by atoms with E-state index < -0.39 is 12.0 Å². The molecule has 2 atom stereocenters. The summed E-state index contributed by atoms with van der Waals surface area (Å²) in [6.07, 6.45) is 5.34. The highest BCUT2D eigenvalue weighted by Crippen LogP contribution is 2.31. The number of rotatable bonds is 5. The second-order valence-corrected chi connectivity index (χ2v) is 7.91. The number of aryl methyl sites for hydroxylation is 1. The number of hydrogen-bond donors (Lipinski definition) is 1. The van der Waals surface area contributed by atoms with E-state index in [0.29, 0.717) is 35.9 Å². The monoisotopic (exact) mass is 373 g/mol. The van der Waals surface area contributed by atoms with Gasteiger partial charge < -0.3 is 10.0 Å². The molecule has 1 N–H and O–H groups in total. The van der Waals surface area contributed by atoms with Crippen molar-refractivity contribution in [3.05, 3.63) is 22.9 Å². The predicted octanol–water partition coefficient (Wildman–Crippen LogP) is 2.64. The molecule has 26 heavy (non-hydrogen) atoms. The van der Waals surface area contributed by atoms with Crippen LogP contribution in [0.25, 0.3) is 0 Å². The summed E-state index contributed by atoms with van der Waals surface area (Å²) in [6, 6.07) is 3.40. The maximum absolute atomic E-state index is 12.4. The Morgan fingerprint density at radius 3 is 2.96 bits per heavy atom. The molecule has 138 valence electrons. The van der Waals surface area contributed by atoms with E-state index in [9.17, 15) is 20.0 Å². The van der Waals surface area contributed by atoms with E-state index in [0.717, 1.165) is 36.9 Å². The Labute approximate surface area is 157 Å². The van der Waals surface area contributed by atoms with Crippen LogP contribution in [0.15, 0.2) is 11.1 Å². The van der Waals surface area contributed by atoms with Gasteiger partial charge in [-0.25, -0.2) is 9.78 Å². The Bertz CT molecular complexity index is 759. The van der Waals surface area contributed by atoms with E-state index in [4.69, 9.17) is 0 Å². The van der Waals surface area contributed by atoms with Crippen LogP contribution in [0.1, 0.15) is 49.4 Å². The van der Waals surface area contributed by atoms with Gasteiger partial charge in [0.05, 0.1) is 11.3 Å². The molecule has 0 radical (unpaired) electrons. The summed E-state index contributed by atoms with van der Waals surface area (Å²) in [7, 11) is 0. The van der Waals surface area contributed by atoms with Crippen LogP contribution in [0.2, 0.25) is 0 Å². The minimum Gasteiger partial charge on any atom is -0.480 e. The maximum Gasteiger partial charge on any atom is 0.326 e. The molecule has 0 bridgehead atoms. The average Bonchev–Trinajstić information content (AvgIpc) is 3.15. The molecule has 2 aliphatic rings. The zero-order valence-electron chi connectivity index (χ0n) is 14.9. The van der Waals surface area contributed by atoms with Crippen molar-refractivity contribution in [1.82, 2.24) is 9.88 Å². The molecule has 1 aliphatic carbocycles. The third-order valence-corrected chi connectivity index (χ3v) is 6.32. The van der Waals surface area contributed by atoms with Crippen molar-refractivity contribution in [2.75, 3.05) is 12.3 Å². The van der Waals surface area contributed by atoms with Crippen LogP contribution in [0.3, 0.4) is 0 Å². The summed E-state index contributed by atoms with van der Waals surface area (Å²) < 4.78 is 0. The average molecular weight is 373 g/mol. The molecule has 1 amide bonds. The molecule has 1 saturated heterocycles. The smallest absolute Gasteiger partial charge is 0.326 e. The van der Waals surface area contributed by atoms with Gasteiger partial charge in [-0.05, 0) is 49.7 Å². The van der Waals surface area contributed by atoms with Crippen molar-refractivity contribution in [3.8, 4) is 6.07 Å². The summed E-state index contributed by atoms with van der Waals surface area (Å²) in [5.74, 6) is -0.383. The summed E-state index contributed by atoms with van der Waals surface area (Å²) in [4.78, 5) is 29.8. The Morgan fingerprint density at radius 1 is 1.46 bits per heavy atom. The number of pyridine rings is 1. The number of amides is 1. The lowest BCUT2D eigenvalue weighted by Gasteiger charge is -2.24. The van der Waals surface area contributed by atoms with Gasteiger partial charge >= 0.3 is 5.97 Å². The van der Waals surface area contributed by atoms with E-state index in [2.05, 4.69) is 18.0 Å². The van der Waals surface area contributed by atoms with Gasteiger partial charge in [0.15, 0.2) is 0 Å². The number of hydrogen-bond acceptors (Lipinski definition) is 5. The molecule has 1 aliphatic heterocycles. The van der Waals surface area contributed by atoms with Gasteiger partial charge in [0.1, 0.15) is 17.1 Å². The molecule has 1 aromatic heterocycles. The largest absolute Gasteiger partial charge is 0.480 e.